The lowest BCUT2D eigenvalue weighted by atomic mass is 10.2. The third kappa shape index (κ3) is 6.29. The smallest absolute Gasteiger partial charge is 0.262 e. The average molecular weight is 461 g/mol. The van der Waals surface area contributed by atoms with Crippen molar-refractivity contribution < 1.29 is 14.3 Å². The van der Waals surface area contributed by atoms with E-state index >= 15 is 0 Å². The predicted octanol–water partition coefficient (Wildman–Crippen LogP) is 5.74. The van der Waals surface area contributed by atoms with E-state index < -0.39 is 0 Å². The Kier molecular flexibility index (Phi) is 7.34. The van der Waals surface area contributed by atoms with E-state index in [4.69, 9.17) is 21.1 Å². The lowest BCUT2D eigenvalue weighted by molar-refractivity contribution is -0.118. The van der Waals surface area contributed by atoms with Crippen molar-refractivity contribution in [3.05, 3.63) is 87.9 Å². The Hall–Kier alpha value is -2.50. The molecule has 0 aliphatic heterocycles. The molecule has 1 N–H and O–H groups in total. The Bertz CT molecular complexity index is 934. The fourth-order valence-electron chi connectivity index (χ4n) is 2.53. The summed E-state index contributed by atoms with van der Waals surface area (Å²) in [7, 11) is 0. The van der Waals surface area contributed by atoms with Gasteiger partial charge in [-0.15, -0.1) is 0 Å². The Morgan fingerprint density at radius 2 is 1.79 bits per heavy atom. The van der Waals surface area contributed by atoms with Gasteiger partial charge in [0.2, 0.25) is 0 Å². The first-order chi connectivity index (χ1) is 13.6. The van der Waals surface area contributed by atoms with Crippen LogP contribution in [-0.4, -0.2) is 19.1 Å². The van der Waals surface area contributed by atoms with Crippen LogP contribution >= 0.6 is 27.5 Å². The van der Waals surface area contributed by atoms with Crippen molar-refractivity contribution in [3.63, 3.8) is 0 Å². The summed E-state index contributed by atoms with van der Waals surface area (Å²) >= 11 is 9.25. The first kappa shape index (κ1) is 20.2. The second-order valence-corrected chi connectivity index (χ2v) is 7.31. The van der Waals surface area contributed by atoms with E-state index in [2.05, 4.69) is 33.4 Å². The van der Waals surface area contributed by atoms with Gasteiger partial charge in [0, 0.05) is 23.2 Å². The molecule has 0 bridgehead atoms. The fourth-order valence-corrected chi connectivity index (χ4v) is 3.32. The maximum absolute atomic E-state index is 12.2. The second-order valence-electron chi connectivity index (χ2n) is 6.02. The van der Waals surface area contributed by atoms with E-state index in [1.165, 1.54) is 5.56 Å². The van der Waals surface area contributed by atoms with Crippen LogP contribution in [0, 0.1) is 0 Å². The molecule has 28 heavy (non-hydrogen) atoms. The Morgan fingerprint density at radius 1 is 0.964 bits per heavy atom. The Morgan fingerprint density at radius 3 is 2.57 bits per heavy atom. The highest BCUT2D eigenvalue weighted by molar-refractivity contribution is 9.10. The van der Waals surface area contributed by atoms with Gasteiger partial charge in [-0.1, -0.05) is 48.0 Å². The first-order valence-corrected chi connectivity index (χ1v) is 9.92. The van der Waals surface area contributed by atoms with Crippen LogP contribution in [0.5, 0.6) is 11.5 Å². The summed E-state index contributed by atoms with van der Waals surface area (Å²) in [5.41, 5.74) is 1.87. The zero-order valence-corrected chi connectivity index (χ0v) is 17.4. The lowest BCUT2D eigenvalue weighted by Gasteiger charge is -2.11. The van der Waals surface area contributed by atoms with Crippen molar-refractivity contribution in [1.29, 1.82) is 0 Å². The van der Waals surface area contributed by atoms with Crippen molar-refractivity contribution >= 4 is 39.1 Å². The third-order valence-corrected chi connectivity index (χ3v) is 4.73. The molecule has 1 amide bonds. The van der Waals surface area contributed by atoms with E-state index in [0.29, 0.717) is 33.3 Å². The van der Waals surface area contributed by atoms with Gasteiger partial charge in [-0.2, -0.15) is 0 Å². The molecular formula is C22H19BrClNO3. The summed E-state index contributed by atoms with van der Waals surface area (Å²) < 4.78 is 12.0. The number of benzene rings is 3. The molecule has 0 atom stereocenters. The summed E-state index contributed by atoms with van der Waals surface area (Å²) in [4.78, 5) is 12.2. The van der Waals surface area contributed by atoms with Crippen LogP contribution in [0.4, 0.5) is 5.69 Å². The number of anilines is 1. The third-order valence-electron chi connectivity index (χ3n) is 3.87. The molecule has 4 nitrogen and oxygen atoms in total. The first-order valence-electron chi connectivity index (χ1n) is 8.74. The number of carbonyl (C=O) groups excluding carboxylic acids is 1. The minimum Gasteiger partial charge on any atom is -0.493 e. The highest BCUT2D eigenvalue weighted by atomic mass is 79.9. The molecule has 3 aromatic rings. The minimum atomic E-state index is -0.261. The van der Waals surface area contributed by atoms with Crippen molar-refractivity contribution in [3.8, 4) is 11.5 Å². The van der Waals surface area contributed by atoms with E-state index in [9.17, 15) is 4.79 Å². The predicted molar refractivity (Wildman–Crippen MR) is 115 cm³/mol. The normalized spacial score (nSPS) is 10.4. The Labute approximate surface area is 177 Å². The minimum absolute atomic E-state index is 0.112. The quantitative estimate of drug-likeness (QED) is 0.466. The molecule has 144 valence electrons. The topological polar surface area (TPSA) is 47.6 Å². The molecule has 0 radical (unpaired) electrons. The average Bonchev–Trinajstić information content (AvgIpc) is 2.68. The largest absolute Gasteiger partial charge is 0.493 e. The summed E-state index contributed by atoms with van der Waals surface area (Å²) in [5, 5.41) is 3.40. The molecule has 3 aromatic carbocycles. The molecule has 3 rings (SSSR count). The van der Waals surface area contributed by atoms with Gasteiger partial charge < -0.3 is 14.8 Å². The van der Waals surface area contributed by atoms with E-state index in [-0.39, 0.29) is 12.5 Å². The molecule has 0 aromatic heterocycles. The number of amides is 1. The van der Waals surface area contributed by atoms with Crippen molar-refractivity contribution in [2.45, 2.75) is 6.42 Å². The van der Waals surface area contributed by atoms with Crippen LogP contribution in [-0.2, 0) is 11.2 Å². The lowest BCUT2D eigenvalue weighted by Crippen LogP contribution is -2.20. The van der Waals surface area contributed by atoms with Gasteiger partial charge in [0.05, 0.1) is 11.1 Å². The molecule has 0 aliphatic rings. The van der Waals surface area contributed by atoms with Gasteiger partial charge in [0.25, 0.3) is 5.91 Å². The van der Waals surface area contributed by atoms with E-state index in [0.717, 1.165) is 6.42 Å². The van der Waals surface area contributed by atoms with Gasteiger partial charge in [-0.3, -0.25) is 4.79 Å². The second kappa shape index (κ2) is 10.2. The molecule has 0 saturated carbocycles. The van der Waals surface area contributed by atoms with Gasteiger partial charge in [-0.25, -0.2) is 0 Å². The number of carbonyl (C=O) groups is 1. The maximum atomic E-state index is 12.2. The van der Waals surface area contributed by atoms with Crippen LogP contribution in [0.25, 0.3) is 0 Å². The van der Waals surface area contributed by atoms with Gasteiger partial charge in [-0.05, 0) is 51.8 Å². The van der Waals surface area contributed by atoms with Gasteiger partial charge in [0.15, 0.2) is 6.61 Å². The van der Waals surface area contributed by atoms with Crippen LogP contribution in [0.1, 0.15) is 5.56 Å². The zero-order valence-electron chi connectivity index (χ0n) is 15.0. The zero-order chi connectivity index (χ0) is 19.8. The van der Waals surface area contributed by atoms with Crippen molar-refractivity contribution in [1.82, 2.24) is 0 Å². The summed E-state index contributed by atoms with van der Waals surface area (Å²) in [5.74, 6) is 0.996. The number of rotatable bonds is 8. The highest BCUT2D eigenvalue weighted by Gasteiger charge is 2.07. The summed E-state index contributed by atoms with van der Waals surface area (Å²) in [6, 6.07) is 22.6. The van der Waals surface area contributed by atoms with Gasteiger partial charge in [0.1, 0.15) is 11.5 Å². The number of halogens is 2. The monoisotopic (exact) mass is 459 g/mol. The molecule has 0 fully saturated rings. The van der Waals surface area contributed by atoms with Gasteiger partial charge >= 0.3 is 0 Å². The molecule has 6 heteroatoms. The van der Waals surface area contributed by atoms with E-state index in [1.807, 2.05) is 30.3 Å². The molecule has 0 spiro atoms. The Balaban J connectivity index is 1.48. The highest BCUT2D eigenvalue weighted by Crippen LogP contribution is 2.28. The van der Waals surface area contributed by atoms with Crippen LogP contribution in [0.15, 0.2) is 77.3 Å². The number of nitrogens with one attached hydrogen (secondary N) is 1. The fraction of sp³-hybridized carbons (Fsp3) is 0.136. The standard InChI is InChI=1S/C22H19BrClNO3/c23-20-13-17(24)9-10-21(20)28-15-22(26)25-18-7-4-8-19(14-18)27-12-11-16-5-2-1-3-6-16/h1-10,13-14H,11-12,15H2,(H,25,26). The van der Waals surface area contributed by atoms with Crippen molar-refractivity contribution in [2.75, 3.05) is 18.5 Å². The molecule has 0 unspecified atom stereocenters. The van der Waals surface area contributed by atoms with Crippen LogP contribution in [0.3, 0.4) is 0 Å². The maximum Gasteiger partial charge on any atom is 0.262 e. The molecule has 0 heterocycles. The number of hydrogen-bond donors (Lipinski definition) is 1. The molecule has 0 aliphatic carbocycles. The van der Waals surface area contributed by atoms with E-state index in [1.54, 1.807) is 30.3 Å². The molecular weight excluding hydrogens is 442 g/mol. The summed E-state index contributed by atoms with van der Waals surface area (Å²) in [6.45, 7) is 0.453. The number of hydrogen-bond acceptors (Lipinski definition) is 3. The van der Waals surface area contributed by atoms with Crippen LogP contribution < -0.4 is 14.8 Å². The number of ether oxygens (including phenoxy) is 2. The molecule has 0 saturated heterocycles. The van der Waals surface area contributed by atoms with Crippen LogP contribution in [0.2, 0.25) is 5.02 Å². The SMILES string of the molecule is O=C(COc1ccc(Cl)cc1Br)Nc1cccc(OCCc2ccccc2)c1. The van der Waals surface area contributed by atoms with Crippen molar-refractivity contribution in [2.24, 2.45) is 0 Å². The summed E-state index contributed by atoms with van der Waals surface area (Å²) in [6.07, 6.45) is 0.821.